The average molecular weight is 384 g/mol. The molecule has 2 aliphatic heterocycles. The van der Waals surface area contributed by atoms with E-state index in [1.54, 1.807) is 0 Å². The number of hydrogen-bond donors (Lipinski definition) is 2. The van der Waals surface area contributed by atoms with E-state index in [-0.39, 0.29) is 36.3 Å². The SMILES string of the molecule is CC1CC(C)CN(C(C)(C)CNC(=O)C2(N)CCOCC2)C1.Cl.Cl. The summed E-state index contributed by atoms with van der Waals surface area (Å²) in [5.41, 5.74) is 5.45. The Balaban J connectivity index is 0.00000264. The van der Waals surface area contributed by atoms with E-state index >= 15 is 0 Å². The molecule has 2 fully saturated rings. The summed E-state index contributed by atoms with van der Waals surface area (Å²) >= 11 is 0. The average Bonchev–Trinajstić information content (AvgIpc) is 2.44. The lowest BCUT2D eigenvalue weighted by molar-refractivity contribution is -0.130. The van der Waals surface area contributed by atoms with Crippen molar-refractivity contribution in [3.63, 3.8) is 0 Å². The van der Waals surface area contributed by atoms with Crippen LogP contribution in [0.1, 0.15) is 47.0 Å². The molecule has 2 heterocycles. The third kappa shape index (κ3) is 6.03. The van der Waals surface area contributed by atoms with Crippen molar-refractivity contribution in [1.82, 2.24) is 10.2 Å². The minimum Gasteiger partial charge on any atom is -0.381 e. The number of ether oxygens (including phenoxy) is 1. The number of hydrogen-bond acceptors (Lipinski definition) is 4. The summed E-state index contributed by atoms with van der Waals surface area (Å²) < 4.78 is 5.31. The molecule has 0 radical (unpaired) electrons. The lowest BCUT2D eigenvalue weighted by Gasteiger charge is -2.45. The van der Waals surface area contributed by atoms with Gasteiger partial charge in [-0.05, 0) is 44.9 Å². The number of nitrogens with one attached hydrogen (secondary N) is 1. The van der Waals surface area contributed by atoms with Crippen molar-refractivity contribution in [2.45, 2.75) is 58.0 Å². The van der Waals surface area contributed by atoms with Crippen molar-refractivity contribution in [1.29, 1.82) is 0 Å². The number of rotatable bonds is 4. The fourth-order valence-corrected chi connectivity index (χ4v) is 3.70. The van der Waals surface area contributed by atoms with Gasteiger partial charge >= 0.3 is 0 Å². The number of nitrogens with zero attached hydrogens (tertiary/aromatic N) is 1. The van der Waals surface area contributed by atoms with E-state index in [1.165, 1.54) is 6.42 Å². The number of halogens is 2. The summed E-state index contributed by atoms with van der Waals surface area (Å²) in [6, 6.07) is 0. The molecule has 2 rings (SSSR count). The van der Waals surface area contributed by atoms with Gasteiger partial charge in [-0.1, -0.05) is 13.8 Å². The Labute approximate surface area is 159 Å². The van der Waals surface area contributed by atoms with Gasteiger partial charge in [-0.3, -0.25) is 9.69 Å². The minimum absolute atomic E-state index is 0. The predicted molar refractivity (Wildman–Crippen MR) is 103 cm³/mol. The van der Waals surface area contributed by atoms with Gasteiger partial charge in [-0.15, -0.1) is 24.8 Å². The number of carbonyl (C=O) groups is 1. The molecule has 2 unspecified atom stereocenters. The molecule has 144 valence electrons. The molecule has 0 bridgehead atoms. The fourth-order valence-electron chi connectivity index (χ4n) is 3.70. The summed E-state index contributed by atoms with van der Waals surface area (Å²) in [6.45, 7) is 13.1. The van der Waals surface area contributed by atoms with Gasteiger partial charge < -0.3 is 15.8 Å². The van der Waals surface area contributed by atoms with E-state index < -0.39 is 5.54 Å². The Hall–Kier alpha value is -0.0700. The van der Waals surface area contributed by atoms with E-state index in [2.05, 4.69) is 37.9 Å². The van der Waals surface area contributed by atoms with Gasteiger partial charge in [0.05, 0.1) is 5.54 Å². The quantitative estimate of drug-likeness (QED) is 0.780. The molecule has 0 saturated carbocycles. The first kappa shape index (κ1) is 23.9. The first-order valence-corrected chi connectivity index (χ1v) is 8.63. The van der Waals surface area contributed by atoms with Gasteiger partial charge in [0.25, 0.3) is 0 Å². The maximum absolute atomic E-state index is 12.5. The van der Waals surface area contributed by atoms with Crippen LogP contribution >= 0.6 is 24.8 Å². The van der Waals surface area contributed by atoms with Gasteiger partial charge in [0.15, 0.2) is 0 Å². The molecule has 1 amide bonds. The molecular formula is C17H35Cl2N3O2. The summed E-state index contributed by atoms with van der Waals surface area (Å²) in [7, 11) is 0. The molecule has 5 nitrogen and oxygen atoms in total. The maximum atomic E-state index is 12.5. The van der Waals surface area contributed by atoms with E-state index in [0.29, 0.717) is 32.6 Å². The molecule has 3 N–H and O–H groups in total. The monoisotopic (exact) mass is 383 g/mol. The van der Waals surface area contributed by atoms with Crippen LogP contribution in [0, 0.1) is 11.8 Å². The smallest absolute Gasteiger partial charge is 0.240 e. The van der Waals surface area contributed by atoms with Crippen molar-refractivity contribution in [3.05, 3.63) is 0 Å². The third-order valence-corrected chi connectivity index (χ3v) is 5.24. The van der Waals surface area contributed by atoms with Gasteiger partial charge in [0, 0.05) is 38.4 Å². The number of amides is 1. The van der Waals surface area contributed by atoms with Crippen LogP contribution in [0.3, 0.4) is 0 Å². The van der Waals surface area contributed by atoms with Crippen LogP contribution in [0.25, 0.3) is 0 Å². The molecule has 0 spiro atoms. The summed E-state index contributed by atoms with van der Waals surface area (Å²) in [4.78, 5) is 15.0. The topological polar surface area (TPSA) is 67.6 Å². The highest BCUT2D eigenvalue weighted by atomic mass is 35.5. The highest BCUT2D eigenvalue weighted by molar-refractivity contribution is 5.86. The van der Waals surface area contributed by atoms with E-state index in [0.717, 1.165) is 24.9 Å². The lowest BCUT2D eigenvalue weighted by atomic mass is 9.87. The molecule has 0 aromatic carbocycles. The molecule has 2 aliphatic rings. The lowest BCUT2D eigenvalue weighted by Crippen LogP contribution is -2.61. The second-order valence-corrected chi connectivity index (χ2v) is 8.11. The number of nitrogens with two attached hydrogens (primary N) is 1. The van der Waals surface area contributed by atoms with Gasteiger partial charge in [-0.2, -0.15) is 0 Å². The largest absolute Gasteiger partial charge is 0.381 e. The molecular weight excluding hydrogens is 349 g/mol. The van der Waals surface area contributed by atoms with Crippen LogP contribution in [0.15, 0.2) is 0 Å². The minimum atomic E-state index is -0.753. The van der Waals surface area contributed by atoms with Crippen molar-refractivity contribution in [2.24, 2.45) is 17.6 Å². The van der Waals surface area contributed by atoms with Gasteiger partial charge in [0.1, 0.15) is 0 Å². The van der Waals surface area contributed by atoms with E-state index in [4.69, 9.17) is 10.5 Å². The zero-order valence-electron chi connectivity index (χ0n) is 15.5. The molecule has 2 atom stereocenters. The van der Waals surface area contributed by atoms with Crippen LogP contribution in [0.2, 0.25) is 0 Å². The Morgan fingerprint density at radius 1 is 1.21 bits per heavy atom. The zero-order valence-corrected chi connectivity index (χ0v) is 17.1. The Morgan fingerprint density at radius 2 is 1.71 bits per heavy atom. The molecule has 2 saturated heterocycles. The predicted octanol–water partition coefficient (Wildman–Crippen LogP) is 2.21. The van der Waals surface area contributed by atoms with Crippen LogP contribution in [-0.2, 0) is 9.53 Å². The molecule has 24 heavy (non-hydrogen) atoms. The normalized spacial score (nSPS) is 27.5. The third-order valence-electron chi connectivity index (χ3n) is 5.24. The van der Waals surface area contributed by atoms with Crippen molar-refractivity contribution >= 4 is 30.7 Å². The van der Waals surface area contributed by atoms with Gasteiger partial charge in [0.2, 0.25) is 5.91 Å². The zero-order chi connectivity index (χ0) is 16.4. The Kier molecular flexibility index (Phi) is 9.55. The van der Waals surface area contributed by atoms with Crippen molar-refractivity contribution in [3.8, 4) is 0 Å². The van der Waals surface area contributed by atoms with Crippen molar-refractivity contribution in [2.75, 3.05) is 32.8 Å². The van der Waals surface area contributed by atoms with Gasteiger partial charge in [-0.25, -0.2) is 0 Å². The summed E-state index contributed by atoms with van der Waals surface area (Å²) in [5.74, 6) is 1.41. The van der Waals surface area contributed by atoms with E-state index in [9.17, 15) is 4.79 Å². The molecule has 0 aromatic heterocycles. The maximum Gasteiger partial charge on any atom is 0.240 e. The highest BCUT2D eigenvalue weighted by Crippen LogP contribution is 2.27. The van der Waals surface area contributed by atoms with Crippen LogP contribution < -0.4 is 11.1 Å². The van der Waals surface area contributed by atoms with Crippen LogP contribution in [0.4, 0.5) is 0 Å². The molecule has 7 heteroatoms. The second-order valence-electron chi connectivity index (χ2n) is 8.11. The standard InChI is InChI=1S/C17H33N3O2.2ClH/c1-13-9-14(2)11-20(10-13)16(3,4)12-19-15(21)17(18)5-7-22-8-6-17;;/h13-14H,5-12,18H2,1-4H3,(H,19,21);2*1H. The van der Waals surface area contributed by atoms with Crippen LogP contribution in [-0.4, -0.2) is 54.7 Å². The number of carbonyl (C=O) groups excluding carboxylic acids is 1. The number of likely N-dealkylation sites (tertiary alicyclic amines) is 1. The Bertz CT molecular complexity index is 391. The highest BCUT2D eigenvalue weighted by Gasteiger charge is 2.38. The summed E-state index contributed by atoms with van der Waals surface area (Å²) in [5, 5.41) is 3.10. The molecule has 0 aliphatic carbocycles. The first-order valence-electron chi connectivity index (χ1n) is 8.63. The first-order chi connectivity index (χ1) is 10.2. The Morgan fingerprint density at radius 3 is 2.21 bits per heavy atom. The van der Waals surface area contributed by atoms with Crippen molar-refractivity contribution < 1.29 is 9.53 Å². The fraction of sp³-hybridized carbons (Fsp3) is 0.941. The van der Waals surface area contributed by atoms with Crippen LogP contribution in [0.5, 0.6) is 0 Å². The number of piperidine rings is 1. The van der Waals surface area contributed by atoms with E-state index in [1.807, 2.05) is 0 Å². The molecule has 0 aromatic rings. The summed E-state index contributed by atoms with van der Waals surface area (Å²) in [6.07, 6.45) is 2.51. The second kappa shape index (κ2) is 9.58.